The van der Waals surface area contributed by atoms with Crippen molar-refractivity contribution in [1.82, 2.24) is 5.32 Å². The fourth-order valence-corrected chi connectivity index (χ4v) is 1.32. The number of primary amides is 1. The van der Waals surface area contributed by atoms with Crippen molar-refractivity contribution in [3.63, 3.8) is 0 Å². The van der Waals surface area contributed by atoms with Gasteiger partial charge in [0, 0.05) is 12.2 Å². The van der Waals surface area contributed by atoms with Crippen LogP contribution in [-0.2, 0) is 11.3 Å². The summed E-state index contributed by atoms with van der Waals surface area (Å²) in [7, 11) is 0. The molecule has 0 aliphatic rings. The van der Waals surface area contributed by atoms with Gasteiger partial charge in [-0.05, 0) is 24.1 Å². The number of nitrogens with one attached hydrogen (secondary N) is 2. The fraction of sp³-hybridized carbons (Fsp3) is 0.333. The molecule has 1 aromatic rings. The summed E-state index contributed by atoms with van der Waals surface area (Å²) in [6, 6.07) is 6.02. The van der Waals surface area contributed by atoms with Crippen molar-refractivity contribution in [2.45, 2.75) is 25.9 Å². The van der Waals surface area contributed by atoms with E-state index in [9.17, 15) is 9.59 Å². The van der Waals surface area contributed by atoms with E-state index in [1.54, 1.807) is 24.3 Å². The average Bonchev–Trinajstić information content (AvgIpc) is 2.36. The second kappa shape index (κ2) is 8.34. The number of hydrogen-bond acceptors (Lipinski definition) is 3. The Morgan fingerprint density at radius 3 is 2.32 bits per heavy atom. The highest BCUT2D eigenvalue weighted by Gasteiger charge is 2.10. The molecule has 106 valence electrons. The van der Waals surface area contributed by atoms with Crippen LogP contribution in [0.1, 0.15) is 18.9 Å². The van der Waals surface area contributed by atoms with E-state index in [-0.39, 0.29) is 18.3 Å². The van der Waals surface area contributed by atoms with Crippen LogP contribution in [0.5, 0.6) is 0 Å². The Morgan fingerprint density at radius 1 is 1.26 bits per heavy atom. The van der Waals surface area contributed by atoms with Crippen LogP contribution < -0.4 is 22.1 Å². The Labute approximate surface area is 118 Å². The minimum absolute atomic E-state index is 0. The molecule has 0 saturated carbocycles. The second-order valence-electron chi connectivity index (χ2n) is 3.92. The lowest BCUT2D eigenvalue weighted by molar-refractivity contribution is -0.117. The van der Waals surface area contributed by atoms with E-state index in [2.05, 4.69) is 10.6 Å². The molecular formula is C12H19ClN4O2. The Morgan fingerprint density at radius 2 is 1.84 bits per heavy atom. The van der Waals surface area contributed by atoms with Crippen molar-refractivity contribution >= 4 is 30.0 Å². The maximum absolute atomic E-state index is 11.5. The molecule has 0 radical (unpaired) electrons. The van der Waals surface area contributed by atoms with Crippen LogP contribution >= 0.6 is 12.4 Å². The number of nitrogens with two attached hydrogens (primary N) is 2. The lowest BCUT2D eigenvalue weighted by Gasteiger charge is -2.10. The Balaban J connectivity index is 0.00000324. The largest absolute Gasteiger partial charge is 0.352 e. The summed E-state index contributed by atoms with van der Waals surface area (Å²) in [5.41, 5.74) is 12.1. The smallest absolute Gasteiger partial charge is 0.312 e. The quantitative estimate of drug-likeness (QED) is 0.647. The van der Waals surface area contributed by atoms with E-state index in [1.807, 2.05) is 6.92 Å². The summed E-state index contributed by atoms with van der Waals surface area (Å²) in [6.45, 7) is 2.21. The molecule has 7 heteroatoms. The number of carbonyl (C=O) groups excluding carboxylic acids is 2. The van der Waals surface area contributed by atoms with Gasteiger partial charge < -0.3 is 22.1 Å². The van der Waals surface area contributed by atoms with Gasteiger partial charge in [0.15, 0.2) is 0 Å². The van der Waals surface area contributed by atoms with Crippen LogP contribution in [0.3, 0.4) is 0 Å². The molecule has 0 heterocycles. The van der Waals surface area contributed by atoms with Crippen LogP contribution in [0.4, 0.5) is 10.5 Å². The maximum atomic E-state index is 11.5. The van der Waals surface area contributed by atoms with Crippen molar-refractivity contribution < 1.29 is 9.59 Å². The molecule has 0 fully saturated rings. The fourth-order valence-electron chi connectivity index (χ4n) is 1.32. The molecule has 19 heavy (non-hydrogen) atoms. The molecule has 0 saturated heterocycles. The lowest BCUT2D eigenvalue weighted by Crippen LogP contribution is -2.34. The zero-order valence-electron chi connectivity index (χ0n) is 10.7. The molecule has 1 atom stereocenters. The summed E-state index contributed by atoms with van der Waals surface area (Å²) < 4.78 is 0. The standard InChI is InChI=1S/C12H18N4O2.ClH/c1-2-10(13)11(17)16-9-5-3-8(4-6-9)7-15-12(14)18;/h3-6,10H,2,7,13H2,1H3,(H,16,17)(H3,14,15,18);1H/t10-;/m0./s1. The predicted molar refractivity (Wildman–Crippen MR) is 77.0 cm³/mol. The van der Waals surface area contributed by atoms with E-state index in [4.69, 9.17) is 11.5 Å². The summed E-state index contributed by atoms with van der Waals surface area (Å²) in [5.74, 6) is -0.208. The zero-order chi connectivity index (χ0) is 13.5. The Hall–Kier alpha value is -1.79. The molecule has 0 aromatic heterocycles. The summed E-state index contributed by atoms with van der Waals surface area (Å²) >= 11 is 0. The zero-order valence-corrected chi connectivity index (χ0v) is 11.5. The van der Waals surface area contributed by atoms with Crippen molar-refractivity contribution in [1.29, 1.82) is 0 Å². The summed E-state index contributed by atoms with van der Waals surface area (Å²) in [5, 5.41) is 5.19. The third-order valence-electron chi connectivity index (χ3n) is 2.46. The normalized spacial score (nSPS) is 11.1. The summed E-state index contributed by atoms with van der Waals surface area (Å²) in [6.07, 6.45) is 0.590. The summed E-state index contributed by atoms with van der Waals surface area (Å²) in [4.78, 5) is 22.1. The van der Waals surface area contributed by atoms with Crippen LogP contribution in [0, 0.1) is 0 Å². The molecule has 0 aliphatic heterocycles. The van der Waals surface area contributed by atoms with Crippen molar-refractivity contribution in [3.05, 3.63) is 29.8 Å². The number of amides is 3. The minimum atomic E-state index is -0.568. The molecule has 3 amide bonds. The maximum Gasteiger partial charge on any atom is 0.312 e. The predicted octanol–water partition coefficient (Wildman–Crippen LogP) is 0.952. The minimum Gasteiger partial charge on any atom is -0.352 e. The van der Waals surface area contributed by atoms with Gasteiger partial charge in [-0.3, -0.25) is 4.79 Å². The first-order chi connectivity index (χ1) is 8.52. The van der Waals surface area contributed by atoms with Gasteiger partial charge in [-0.2, -0.15) is 0 Å². The first-order valence-electron chi connectivity index (χ1n) is 5.71. The third kappa shape index (κ3) is 6.08. The molecular weight excluding hydrogens is 268 g/mol. The highest BCUT2D eigenvalue weighted by atomic mass is 35.5. The van der Waals surface area contributed by atoms with Gasteiger partial charge in [-0.15, -0.1) is 12.4 Å². The topological polar surface area (TPSA) is 110 Å². The molecule has 0 spiro atoms. The van der Waals surface area contributed by atoms with Crippen LogP contribution in [0.15, 0.2) is 24.3 Å². The first kappa shape index (κ1) is 17.2. The average molecular weight is 287 g/mol. The van der Waals surface area contributed by atoms with Gasteiger partial charge in [0.05, 0.1) is 6.04 Å². The molecule has 1 rings (SSSR count). The van der Waals surface area contributed by atoms with E-state index in [0.29, 0.717) is 18.7 Å². The molecule has 1 aromatic carbocycles. The van der Waals surface area contributed by atoms with Crippen LogP contribution in [-0.4, -0.2) is 18.0 Å². The SMILES string of the molecule is CC[C@H](N)C(=O)Nc1ccc(CNC(N)=O)cc1.Cl. The Bertz CT molecular complexity index is 422. The lowest BCUT2D eigenvalue weighted by atomic mass is 10.2. The number of halogens is 1. The number of anilines is 1. The number of carbonyl (C=O) groups is 2. The van der Waals surface area contributed by atoms with Gasteiger partial charge in [-0.25, -0.2) is 4.79 Å². The van der Waals surface area contributed by atoms with Crippen molar-refractivity contribution in [3.8, 4) is 0 Å². The molecule has 0 bridgehead atoms. The van der Waals surface area contributed by atoms with E-state index >= 15 is 0 Å². The monoisotopic (exact) mass is 286 g/mol. The number of benzene rings is 1. The Kier molecular flexibility index (Phi) is 7.55. The third-order valence-corrected chi connectivity index (χ3v) is 2.46. The van der Waals surface area contributed by atoms with Crippen molar-refractivity contribution in [2.24, 2.45) is 11.5 Å². The number of hydrogen-bond donors (Lipinski definition) is 4. The van der Waals surface area contributed by atoms with Gasteiger partial charge in [-0.1, -0.05) is 19.1 Å². The van der Waals surface area contributed by atoms with Gasteiger partial charge in [0.25, 0.3) is 0 Å². The van der Waals surface area contributed by atoms with E-state index in [1.165, 1.54) is 0 Å². The van der Waals surface area contributed by atoms with Crippen molar-refractivity contribution in [2.75, 3.05) is 5.32 Å². The molecule has 6 N–H and O–H groups in total. The van der Waals surface area contributed by atoms with Crippen LogP contribution in [0.25, 0.3) is 0 Å². The first-order valence-corrected chi connectivity index (χ1v) is 5.71. The highest BCUT2D eigenvalue weighted by molar-refractivity contribution is 5.94. The number of rotatable bonds is 5. The van der Waals surface area contributed by atoms with E-state index in [0.717, 1.165) is 5.56 Å². The second-order valence-corrected chi connectivity index (χ2v) is 3.92. The van der Waals surface area contributed by atoms with Gasteiger partial charge in [0.2, 0.25) is 5.91 Å². The van der Waals surface area contributed by atoms with Gasteiger partial charge >= 0.3 is 6.03 Å². The van der Waals surface area contributed by atoms with Crippen LogP contribution in [0.2, 0.25) is 0 Å². The van der Waals surface area contributed by atoms with Gasteiger partial charge in [0.1, 0.15) is 0 Å². The van der Waals surface area contributed by atoms with E-state index < -0.39 is 12.1 Å². The number of urea groups is 1. The highest BCUT2D eigenvalue weighted by Crippen LogP contribution is 2.10. The molecule has 6 nitrogen and oxygen atoms in total. The molecule has 0 aliphatic carbocycles. The molecule has 0 unspecified atom stereocenters.